The van der Waals surface area contributed by atoms with Crippen molar-refractivity contribution in [3.05, 3.63) is 55.6 Å². The van der Waals surface area contributed by atoms with E-state index < -0.39 is 0 Å². The van der Waals surface area contributed by atoms with Crippen LogP contribution in [0, 0.1) is 19.3 Å². The van der Waals surface area contributed by atoms with Gasteiger partial charge in [0.2, 0.25) is 0 Å². The van der Waals surface area contributed by atoms with Crippen LogP contribution in [0.25, 0.3) is 0 Å². The molecule has 3 unspecified atom stereocenters. The minimum Gasteiger partial charge on any atom is -0.358 e. The summed E-state index contributed by atoms with van der Waals surface area (Å²) in [5, 5.41) is 0. The Balaban J connectivity index is 0.00000180. The van der Waals surface area contributed by atoms with E-state index in [1.165, 1.54) is 10.1 Å². The Morgan fingerprint density at radius 1 is 1.32 bits per heavy atom. The van der Waals surface area contributed by atoms with E-state index in [4.69, 9.17) is 0 Å². The quantitative estimate of drug-likeness (QED) is 0.598. The summed E-state index contributed by atoms with van der Waals surface area (Å²) in [5.41, 5.74) is 2.06. The second-order valence-corrected chi connectivity index (χ2v) is 5.00. The van der Waals surface area contributed by atoms with Crippen molar-refractivity contribution >= 4 is 12.6 Å². The lowest BCUT2D eigenvalue weighted by Crippen LogP contribution is -2.24. The number of hydrogen-bond acceptors (Lipinski definition) is 1. The van der Waals surface area contributed by atoms with Crippen molar-refractivity contribution < 1.29 is 9.37 Å². The molecule has 1 aromatic rings. The van der Waals surface area contributed by atoms with Crippen LogP contribution in [-0.4, -0.2) is 17.2 Å². The zero-order valence-corrected chi connectivity index (χ0v) is 12.1. The van der Waals surface area contributed by atoms with E-state index in [0.717, 1.165) is 12.1 Å². The first kappa shape index (κ1) is 15.4. The molecule has 0 spiro atoms. The lowest BCUT2D eigenvalue weighted by Gasteiger charge is -2.20. The predicted octanol–water partition coefficient (Wildman–Crippen LogP) is 3.65. The number of allylic oxidation sites excluding steroid dienone is 1. The summed E-state index contributed by atoms with van der Waals surface area (Å²) in [4.78, 5) is 12.3. The van der Waals surface area contributed by atoms with Gasteiger partial charge >= 0.3 is 5.91 Å². The van der Waals surface area contributed by atoms with Crippen LogP contribution in [0.1, 0.15) is 31.7 Å². The number of benzene rings is 1. The third-order valence-corrected chi connectivity index (χ3v) is 4.06. The monoisotopic (exact) mass is 257 g/mol. The van der Waals surface area contributed by atoms with Crippen molar-refractivity contribution in [3.8, 4) is 0 Å². The highest BCUT2D eigenvalue weighted by atomic mass is 16.2. The van der Waals surface area contributed by atoms with Gasteiger partial charge in [-0.15, -0.1) is 4.58 Å². The fourth-order valence-electron chi connectivity index (χ4n) is 2.91. The number of carbonyl (C=O) groups is 1. The molecule has 0 bridgehead atoms. The van der Waals surface area contributed by atoms with Crippen LogP contribution in [0.3, 0.4) is 0 Å². The molecule has 1 aliphatic rings. The molecule has 3 atom stereocenters. The van der Waals surface area contributed by atoms with Gasteiger partial charge in [-0.2, -0.15) is 0 Å². The first-order valence-electron chi connectivity index (χ1n) is 6.46. The van der Waals surface area contributed by atoms with E-state index in [0.29, 0.717) is 0 Å². The Morgan fingerprint density at radius 3 is 2.32 bits per heavy atom. The largest absolute Gasteiger partial charge is 0.396 e. The van der Waals surface area contributed by atoms with Gasteiger partial charge in [0, 0.05) is 5.92 Å². The Bertz CT molecular complexity index is 489. The van der Waals surface area contributed by atoms with E-state index in [9.17, 15) is 4.79 Å². The molecule has 1 heterocycles. The maximum absolute atomic E-state index is 12.3. The van der Waals surface area contributed by atoms with E-state index in [1.807, 2.05) is 18.2 Å². The van der Waals surface area contributed by atoms with E-state index >= 15 is 0 Å². The van der Waals surface area contributed by atoms with E-state index in [-0.39, 0.29) is 31.1 Å². The highest BCUT2D eigenvalue weighted by Gasteiger charge is 2.49. The predicted molar refractivity (Wildman–Crippen MR) is 80.1 cm³/mol. The van der Waals surface area contributed by atoms with Crippen LogP contribution in [-0.2, 0) is 4.79 Å². The molecule has 102 valence electrons. The van der Waals surface area contributed by atoms with Crippen LogP contribution >= 0.6 is 0 Å². The molecule has 2 rings (SSSR count). The Kier molecular flexibility index (Phi) is 4.82. The molecular formula is C17H23NO. The molecule has 0 aromatic heterocycles. The standard InChI is InChI=1S/C16H20NO.CH3/c1-5-14(13-9-7-6-8-10-13)15-11(2)12(3)17(4)16(15)18;/h6-11,14-15H,3-5H2,1-2H3;1H3/q+1;-1. The molecule has 1 fully saturated rings. The average molecular weight is 257 g/mol. The first-order valence-corrected chi connectivity index (χ1v) is 6.46. The maximum atomic E-state index is 12.3. The molecule has 0 saturated carbocycles. The zero-order chi connectivity index (χ0) is 13.3. The number of amides is 1. The number of hydrogen-bond donors (Lipinski definition) is 0. The highest BCUT2D eigenvalue weighted by molar-refractivity contribution is 5.77. The van der Waals surface area contributed by atoms with Crippen molar-refractivity contribution in [1.29, 1.82) is 0 Å². The summed E-state index contributed by atoms with van der Waals surface area (Å²) in [5.74, 6) is 0.489. The second kappa shape index (κ2) is 5.96. The fourth-order valence-corrected chi connectivity index (χ4v) is 2.91. The number of nitrogens with zero attached hydrogens (tertiary/aromatic N) is 1. The number of carbonyl (C=O) groups excluding carboxylic acids is 1. The van der Waals surface area contributed by atoms with E-state index in [2.05, 4.69) is 39.3 Å². The lowest BCUT2D eigenvalue weighted by molar-refractivity contribution is -0.383. The van der Waals surface area contributed by atoms with Crippen LogP contribution < -0.4 is 0 Å². The molecular weight excluding hydrogens is 234 g/mol. The third kappa shape index (κ3) is 2.53. The van der Waals surface area contributed by atoms with Crippen LogP contribution in [0.4, 0.5) is 0 Å². The topological polar surface area (TPSA) is 20.1 Å². The second-order valence-electron chi connectivity index (χ2n) is 5.00. The average Bonchev–Trinajstić information content (AvgIpc) is 2.59. The normalized spacial score (nSPS) is 24.2. The maximum Gasteiger partial charge on any atom is 0.396 e. The van der Waals surface area contributed by atoms with Crippen molar-refractivity contribution in [3.63, 3.8) is 0 Å². The summed E-state index contributed by atoms with van der Waals surface area (Å²) in [6.07, 6.45) is 0.950. The van der Waals surface area contributed by atoms with Crippen molar-refractivity contribution in [2.75, 3.05) is 0 Å². The summed E-state index contributed by atoms with van der Waals surface area (Å²) in [6, 6.07) is 10.3. The molecule has 1 aliphatic heterocycles. The van der Waals surface area contributed by atoms with Crippen LogP contribution in [0.5, 0.6) is 0 Å². The SMILES string of the molecule is C=C1C(C)C(C(CC)c2ccccc2)C(=O)[N+]1=C.[CH3-]. The van der Waals surface area contributed by atoms with Gasteiger partial charge in [0.15, 0.2) is 5.70 Å². The minimum atomic E-state index is -0.0256. The molecule has 1 aromatic carbocycles. The van der Waals surface area contributed by atoms with E-state index in [1.54, 1.807) is 0 Å². The van der Waals surface area contributed by atoms with Crippen molar-refractivity contribution in [2.24, 2.45) is 11.8 Å². The van der Waals surface area contributed by atoms with Gasteiger partial charge in [0.25, 0.3) is 0 Å². The third-order valence-electron chi connectivity index (χ3n) is 4.06. The van der Waals surface area contributed by atoms with Gasteiger partial charge in [0.1, 0.15) is 12.6 Å². The minimum absolute atomic E-state index is 0. The van der Waals surface area contributed by atoms with Crippen molar-refractivity contribution in [2.45, 2.75) is 26.2 Å². The summed E-state index contributed by atoms with van der Waals surface area (Å²) >= 11 is 0. The molecule has 1 saturated heterocycles. The van der Waals surface area contributed by atoms with Crippen LogP contribution in [0.2, 0.25) is 0 Å². The molecule has 2 nitrogen and oxygen atoms in total. The smallest absolute Gasteiger partial charge is 0.358 e. The Morgan fingerprint density at radius 2 is 1.89 bits per heavy atom. The molecule has 0 radical (unpaired) electrons. The Labute approximate surface area is 116 Å². The van der Waals surface area contributed by atoms with Gasteiger partial charge in [-0.05, 0) is 18.6 Å². The molecule has 1 amide bonds. The summed E-state index contributed by atoms with van der Waals surface area (Å²) in [6.45, 7) is 12.0. The van der Waals surface area contributed by atoms with Gasteiger partial charge in [-0.3, -0.25) is 0 Å². The zero-order valence-electron chi connectivity index (χ0n) is 12.1. The Hall–Kier alpha value is -1.70. The van der Waals surface area contributed by atoms with Crippen LogP contribution in [0.15, 0.2) is 42.6 Å². The summed E-state index contributed by atoms with van der Waals surface area (Å²) in [7, 11) is 0. The molecule has 19 heavy (non-hydrogen) atoms. The summed E-state index contributed by atoms with van der Waals surface area (Å²) < 4.78 is 1.47. The molecule has 0 aliphatic carbocycles. The van der Waals surface area contributed by atoms with Gasteiger partial charge in [0.05, 0.1) is 5.92 Å². The molecule has 2 heteroatoms. The lowest BCUT2D eigenvalue weighted by atomic mass is 9.78. The van der Waals surface area contributed by atoms with Gasteiger partial charge < -0.3 is 7.43 Å². The van der Waals surface area contributed by atoms with Gasteiger partial charge in [-0.25, -0.2) is 4.79 Å². The molecule has 0 N–H and O–H groups in total. The number of rotatable bonds is 3. The highest BCUT2D eigenvalue weighted by Crippen LogP contribution is 2.41. The van der Waals surface area contributed by atoms with Crippen molar-refractivity contribution in [1.82, 2.24) is 0 Å². The first-order chi connectivity index (χ1) is 8.57. The fraction of sp³-hybridized carbons (Fsp3) is 0.353. The van der Waals surface area contributed by atoms with Gasteiger partial charge in [-0.1, -0.05) is 44.2 Å².